The molecule has 9 nitrogen and oxygen atoms in total. The minimum atomic E-state index is -0.528. The summed E-state index contributed by atoms with van der Waals surface area (Å²) in [5.41, 5.74) is 0.525. The summed E-state index contributed by atoms with van der Waals surface area (Å²) in [4.78, 5) is 26.5. The van der Waals surface area contributed by atoms with Crippen LogP contribution >= 0.6 is 0 Å². The number of anilines is 2. The Morgan fingerprint density at radius 2 is 2.05 bits per heavy atom. The first-order chi connectivity index (χ1) is 9.61. The molecule has 2 rings (SSSR count). The van der Waals surface area contributed by atoms with Crippen LogP contribution in [0.4, 0.5) is 17.3 Å². The van der Waals surface area contributed by atoms with Gasteiger partial charge < -0.3 is 10.6 Å². The van der Waals surface area contributed by atoms with Crippen molar-refractivity contribution in [1.29, 1.82) is 0 Å². The van der Waals surface area contributed by atoms with Gasteiger partial charge in [-0.2, -0.15) is 0 Å². The molecule has 0 unspecified atom stereocenters. The summed E-state index contributed by atoms with van der Waals surface area (Å²) in [7, 11) is 1.56. The Bertz CT molecular complexity index is 632. The predicted molar refractivity (Wildman–Crippen MR) is 72.3 cm³/mol. The summed E-state index contributed by atoms with van der Waals surface area (Å²) in [6.07, 6.45) is 2.89. The first-order valence-electron chi connectivity index (χ1n) is 5.81. The van der Waals surface area contributed by atoms with Crippen molar-refractivity contribution in [2.45, 2.75) is 13.5 Å². The van der Waals surface area contributed by atoms with Gasteiger partial charge in [0.2, 0.25) is 11.6 Å². The van der Waals surface area contributed by atoms with Crippen LogP contribution in [0.3, 0.4) is 0 Å². The maximum absolute atomic E-state index is 11.1. The highest BCUT2D eigenvalue weighted by molar-refractivity contribution is 5.68. The molecule has 104 valence electrons. The monoisotopic (exact) mass is 275 g/mol. The van der Waals surface area contributed by atoms with Gasteiger partial charge in [-0.1, -0.05) is 0 Å². The minimum Gasteiger partial charge on any atom is -0.367 e. The van der Waals surface area contributed by atoms with E-state index in [0.29, 0.717) is 12.4 Å². The Balaban J connectivity index is 2.23. The highest BCUT2D eigenvalue weighted by Gasteiger charge is 2.21. The van der Waals surface area contributed by atoms with Crippen LogP contribution in [0.25, 0.3) is 0 Å². The molecule has 0 aliphatic rings. The topological polar surface area (TPSA) is 119 Å². The van der Waals surface area contributed by atoms with Crippen LogP contribution in [0.2, 0.25) is 0 Å². The Morgan fingerprint density at radius 3 is 2.70 bits per heavy atom. The van der Waals surface area contributed by atoms with Gasteiger partial charge in [-0.3, -0.25) is 10.1 Å². The fraction of sp³-hybridized carbons (Fsp3) is 0.273. The molecule has 2 aromatic rings. The Labute approximate surface area is 114 Å². The van der Waals surface area contributed by atoms with E-state index in [-0.39, 0.29) is 17.3 Å². The molecule has 0 radical (unpaired) electrons. The van der Waals surface area contributed by atoms with Crippen molar-refractivity contribution in [3.8, 4) is 0 Å². The molecule has 2 N–H and O–H groups in total. The van der Waals surface area contributed by atoms with E-state index in [1.54, 1.807) is 26.2 Å². The van der Waals surface area contributed by atoms with Crippen molar-refractivity contribution in [3.63, 3.8) is 0 Å². The van der Waals surface area contributed by atoms with E-state index in [0.717, 1.165) is 5.69 Å². The molecule has 0 fully saturated rings. The normalized spacial score (nSPS) is 10.1. The van der Waals surface area contributed by atoms with Gasteiger partial charge in [-0.05, 0) is 13.0 Å². The van der Waals surface area contributed by atoms with Gasteiger partial charge >= 0.3 is 5.69 Å². The molecule has 9 heteroatoms. The highest BCUT2D eigenvalue weighted by atomic mass is 16.6. The van der Waals surface area contributed by atoms with E-state index < -0.39 is 4.92 Å². The molecule has 0 saturated heterocycles. The number of nitro groups is 1. The molecule has 0 saturated carbocycles. The average molecular weight is 275 g/mol. The summed E-state index contributed by atoms with van der Waals surface area (Å²) in [5, 5.41) is 16.6. The minimum absolute atomic E-state index is 0.144. The van der Waals surface area contributed by atoms with Crippen molar-refractivity contribution >= 4 is 17.3 Å². The van der Waals surface area contributed by atoms with Crippen molar-refractivity contribution in [2.75, 3.05) is 17.7 Å². The zero-order valence-electron chi connectivity index (χ0n) is 11.0. The molecule has 0 bridgehead atoms. The third-order valence-corrected chi connectivity index (χ3v) is 2.51. The molecular formula is C11H13N7O2. The molecule has 2 heterocycles. The van der Waals surface area contributed by atoms with Crippen LogP contribution in [0.15, 0.2) is 18.6 Å². The summed E-state index contributed by atoms with van der Waals surface area (Å²) < 4.78 is 0. The Morgan fingerprint density at radius 1 is 1.30 bits per heavy atom. The molecule has 0 atom stereocenters. The van der Waals surface area contributed by atoms with Gasteiger partial charge in [0, 0.05) is 13.2 Å². The lowest BCUT2D eigenvalue weighted by molar-refractivity contribution is -0.383. The first-order valence-corrected chi connectivity index (χ1v) is 5.81. The van der Waals surface area contributed by atoms with E-state index in [1.165, 1.54) is 6.33 Å². The van der Waals surface area contributed by atoms with E-state index in [4.69, 9.17) is 0 Å². The lowest BCUT2D eigenvalue weighted by Gasteiger charge is -2.08. The summed E-state index contributed by atoms with van der Waals surface area (Å²) in [5.74, 6) is 0.939. The van der Waals surface area contributed by atoms with Gasteiger partial charge in [-0.15, -0.1) is 0 Å². The van der Waals surface area contributed by atoms with Gasteiger partial charge in [0.15, 0.2) is 0 Å². The standard InChI is InChI=1S/C11H13N7O2/c1-7-13-4-3-8(17-7)5-14-11-9(18(19)20)10(12-2)15-6-16-11/h3-4,6H,5H2,1-2H3,(H2,12,14,15,16). The number of nitrogens with zero attached hydrogens (tertiary/aromatic N) is 5. The Kier molecular flexibility index (Phi) is 3.99. The quantitative estimate of drug-likeness (QED) is 0.615. The number of hydrogen-bond donors (Lipinski definition) is 2. The molecule has 0 aliphatic heterocycles. The predicted octanol–water partition coefficient (Wildman–Crippen LogP) is 1.14. The molecule has 0 aliphatic carbocycles. The number of hydrogen-bond acceptors (Lipinski definition) is 8. The largest absolute Gasteiger partial charge is 0.367 e. The van der Waals surface area contributed by atoms with E-state index in [1.807, 2.05) is 0 Å². The molecule has 0 amide bonds. The zero-order chi connectivity index (χ0) is 14.5. The third-order valence-electron chi connectivity index (χ3n) is 2.51. The maximum atomic E-state index is 11.1. The Hall–Kier alpha value is -2.84. The number of nitrogens with one attached hydrogen (secondary N) is 2. The van der Waals surface area contributed by atoms with Gasteiger partial charge in [0.25, 0.3) is 0 Å². The van der Waals surface area contributed by atoms with Crippen molar-refractivity contribution in [3.05, 3.63) is 40.2 Å². The summed E-state index contributed by atoms with van der Waals surface area (Å²) in [6.45, 7) is 2.08. The average Bonchev–Trinajstić information content (AvgIpc) is 2.44. The SMILES string of the molecule is CNc1ncnc(NCc2ccnc(C)n2)c1[N+](=O)[O-]. The van der Waals surface area contributed by atoms with Crippen LogP contribution < -0.4 is 10.6 Å². The second-order valence-corrected chi connectivity index (χ2v) is 3.88. The highest BCUT2D eigenvalue weighted by Crippen LogP contribution is 2.28. The fourth-order valence-corrected chi connectivity index (χ4v) is 1.64. The molecule has 0 spiro atoms. The maximum Gasteiger partial charge on any atom is 0.353 e. The van der Waals surface area contributed by atoms with Gasteiger partial charge in [0.05, 0.1) is 17.2 Å². The molecule has 0 aromatic carbocycles. The number of rotatable bonds is 5. The lowest BCUT2D eigenvalue weighted by Crippen LogP contribution is -2.09. The number of aryl methyl sites for hydroxylation is 1. The zero-order valence-corrected chi connectivity index (χ0v) is 11.0. The van der Waals surface area contributed by atoms with Crippen LogP contribution in [0.5, 0.6) is 0 Å². The van der Waals surface area contributed by atoms with Gasteiger partial charge in [-0.25, -0.2) is 19.9 Å². The number of aromatic nitrogens is 4. The van der Waals surface area contributed by atoms with Crippen molar-refractivity contribution in [1.82, 2.24) is 19.9 Å². The fourth-order valence-electron chi connectivity index (χ4n) is 1.64. The third kappa shape index (κ3) is 2.94. The van der Waals surface area contributed by atoms with Crippen molar-refractivity contribution < 1.29 is 4.92 Å². The summed E-state index contributed by atoms with van der Waals surface area (Å²) in [6, 6.07) is 1.73. The van der Waals surface area contributed by atoms with Crippen LogP contribution in [-0.4, -0.2) is 31.9 Å². The first kappa shape index (κ1) is 13.6. The van der Waals surface area contributed by atoms with Crippen LogP contribution in [-0.2, 0) is 6.54 Å². The van der Waals surface area contributed by atoms with Gasteiger partial charge in [0.1, 0.15) is 12.2 Å². The van der Waals surface area contributed by atoms with E-state index >= 15 is 0 Å². The second-order valence-electron chi connectivity index (χ2n) is 3.88. The summed E-state index contributed by atoms with van der Waals surface area (Å²) >= 11 is 0. The smallest absolute Gasteiger partial charge is 0.353 e. The van der Waals surface area contributed by atoms with E-state index in [9.17, 15) is 10.1 Å². The molecule has 20 heavy (non-hydrogen) atoms. The second kappa shape index (κ2) is 5.87. The molecule has 2 aromatic heterocycles. The molecular weight excluding hydrogens is 262 g/mol. The van der Waals surface area contributed by atoms with Crippen LogP contribution in [0.1, 0.15) is 11.5 Å². The van der Waals surface area contributed by atoms with E-state index in [2.05, 4.69) is 30.6 Å². The van der Waals surface area contributed by atoms with Crippen LogP contribution in [0, 0.1) is 17.0 Å². The van der Waals surface area contributed by atoms with Crippen molar-refractivity contribution in [2.24, 2.45) is 0 Å². The lowest BCUT2D eigenvalue weighted by atomic mass is 10.3.